The molecule has 0 amide bonds. The average molecular weight is 209 g/mol. The minimum absolute atomic E-state index is 0.0406. The van der Waals surface area contributed by atoms with Crippen molar-refractivity contribution in [2.24, 2.45) is 0 Å². The molecule has 15 heavy (non-hydrogen) atoms. The standard InChI is InChI=1S/C11H15NO3/c1-12-6-10(7-13)15-11(12)8-2-4-9(14)5-3-8/h2-5,10-11,13-14H,6-7H2,1H3. The Labute approximate surface area is 88.7 Å². The Morgan fingerprint density at radius 2 is 2.07 bits per heavy atom. The number of ether oxygens (including phenoxy) is 1. The van der Waals surface area contributed by atoms with E-state index in [2.05, 4.69) is 0 Å². The van der Waals surface area contributed by atoms with Crippen LogP contribution in [0.25, 0.3) is 0 Å². The molecule has 1 aromatic carbocycles. The molecule has 1 fully saturated rings. The molecule has 0 saturated carbocycles. The maximum atomic E-state index is 9.17. The van der Waals surface area contributed by atoms with Crippen LogP contribution in [0.3, 0.4) is 0 Å². The van der Waals surface area contributed by atoms with Crippen molar-refractivity contribution in [1.82, 2.24) is 4.90 Å². The summed E-state index contributed by atoms with van der Waals surface area (Å²) < 4.78 is 5.64. The smallest absolute Gasteiger partial charge is 0.137 e. The molecule has 4 heteroatoms. The zero-order valence-corrected chi connectivity index (χ0v) is 8.63. The Morgan fingerprint density at radius 1 is 1.40 bits per heavy atom. The van der Waals surface area contributed by atoms with Crippen molar-refractivity contribution in [2.45, 2.75) is 12.3 Å². The van der Waals surface area contributed by atoms with Crippen molar-refractivity contribution < 1.29 is 14.9 Å². The number of hydrogen-bond acceptors (Lipinski definition) is 4. The van der Waals surface area contributed by atoms with Crippen molar-refractivity contribution >= 4 is 0 Å². The number of aliphatic hydroxyl groups excluding tert-OH is 1. The number of phenolic OH excluding ortho intramolecular Hbond substituents is 1. The molecule has 2 atom stereocenters. The highest BCUT2D eigenvalue weighted by Gasteiger charge is 2.30. The fourth-order valence-corrected chi connectivity index (χ4v) is 1.82. The molecule has 2 N–H and O–H groups in total. The third-order valence-electron chi connectivity index (χ3n) is 2.60. The lowest BCUT2D eigenvalue weighted by molar-refractivity contribution is -0.0139. The quantitative estimate of drug-likeness (QED) is 0.753. The SMILES string of the molecule is CN1CC(CO)OC1c1ccc(O)cc1. The zero-order valence-electron chi connectivity index (χ0n) is 8.63. The number of likely N-dealkylation sites (N-methyl/N-ethyl adjacent to an activating group) is 1. The predicted octanol–water partition coefficient (Wildman–Crippen LogP) is 0.714. The monoisotopic (exact) mass is 209 g/mol. The minimum atomic E-state index is -0.122. The van der Waals surface area contributed by atoms with Gasteiger partial charge in [0.05, 0.1) is 12.7 Å². The molecule has 4 nitrogen and oxygen atoms in total. The first-order valence-corrected chi connectivity index (χ1v) is 4.96. The van der Waals surface area contributed by atoms with Crippen LogP contribution in [0.4, 0.5) is 0 Å². The van der Waals surface area contributed by atoms with Crippen LogP contribution in [0.1, 0.15) is 11.8 Å². The molecule has 1 aromatic rings. The van der Waals surface area contributed by atoms with E-state index in [0.29, 0.717) is 0 Å². The van der Waals surface area contributed by atoms with Crippen molar-refractivity contribution in [3.05, 3.63) is 29.8 Å². The summed E-state index contributed by atoms with van der Waals surface area (Å²) in [7, 11) is 1.95. The van der Waals surface area contributed by atoms with Gasteiger partial charge in [0.15, 0.2) is 0 Å². The summed E-state index contributed by atoms with van der Waals surface area (Å²) >= 11 is 0. The zero-order chi connectivity index (χ0) is 10.8. The highest BCUT2D eigenvalue weighted by Crippen LogP contribution is 2.29. The minimum Gasteiger partial charge on any atom is -0.508 e. The van der Waals surface area contributed by atoms with Crippen LogP contribution in [-0.4, -0.2) is 41.4 Å². The Balaban J connectivity index is 2.14. The lowest BCUT2D eigenvalue weighted by atomic mass is 10.2. The summed E-state index contributed by atoms with van der Waals surface area (Å²) in [5.41, 5.74) is 0.992. The molecule has 2 unspecified atom stereocenters. The van der Waals surface area contributed by atoms with E-state index in [1.54, 1.807) is 12.1 Å². The second kappa shape index (κ2) is 4.18. The Kier molecular flexibility index (Phi) is 2.90. The topological polar surface area (TPSA) is 52.9 Å². The molecule has 0 aromatic heterocycles. The van der Waals surface area contributed by atoms with Crippen LogP contribution in [-0.2, 0) is 4.74 Å². The van der Waals surface area contributed by atoms with Gasteiger partial charge in [0, 0.05) is 6.54 Å². The predicted molar refractivity (Wildman–Crippen MR) is 55.4 cm³/mol. The van der Waals surface area contributed by atoms with Crippen LogP contribution < -0.4 is 0 Å². The first-order chi connectivity index (χ1) is 7.20. The number of hydrogen-bond donors (Lipinski definition) is 2. The molecule has 1 heterocycles. The van der Waals surface area contributed by atoms with Gasteiger partial charge in [0.1, 0.15) is 12.0 Å². The van der Waals surface area contributed by atoms with E-state index < -0.39 is 0 Å². The maximum absolute atomic E-state index is 9.17. The van der Waals surface area contributed by atoms with Crippen LogP contribution in [0.5, 0.6) is 5.75 Å². The van der Waals surface area contributed by atoms with Crippen LogP contribution in [0, 0.1) is 0 Å². The molecular formula is C11H15NO3. The van der Waals surface area contributed by atoms with Gasteiger partial charge in [-0.25, -0.2) is 0 Å². The highest BCUT2D eigenvalue weighted by atomic mass is 16.5. The van der Waals surface area contributed by atoms with Gasteiger partial charge < -0.3 is 14.9 Å². The molecule has 0 bridgehead atoms. The summed E-state index contributed by atoms with van der Waals surface area (Å²) in [6.45, 7) is 0.765. The largest absolute Gasteiger partial charge is 0.508 e. The molecule has 1 saturated heterocycles. The Hall–Kier alpha value is -1.10. The van der Waals surface area contributed by atoms with Gasteiger partial charge in [-0.3, -0.25) is 4.90 Å². The van der Waals surface area contributed by atoms with Gasteiger partial charge in [0.2, 0.25) is 0 Å². The molecule has 0 radical (unpaired) electrons. The average Bonchev–Trinajstić information content (AvgIpc) is 2.61. The normalized spacial score (nSPS) is 27.1. The second-order valence-electron chi connectivity index (χ2n) is 3.82. The van der Waals surface area contributed by atoms with Gasteiger partial charge >= 0.3 is 0 Å². The second-order valence-corrected chi connectivity index (χ2v) is 3.82. The van der Waals surface area contributed by atoms with Crippen LogP contribution in [0.15, 0.2) is 24.3 Å². The van der Waals surface area contributed by atoms with E-state index in [0.717, 1.165) is 12.1 Å². The fourth-order valence-electron chi connectivity index (χ4n) is 1.82. The molecule has 2 rings (SSSR count). The van der Waals surface area contributed by atoms with Crippen LogP contribution >= 0.6 is 0 Å². The lowest BCUT2D eigenvalue weighted by Gasteiger charge is -2.18. The Morgan fingerprint density at radius 3 is 2.60 bits per heavy atom. The molecular weight excluding hydrogens is 194 g/mol. The number of aromatic hydroxyl groups is 1. The number of aliphatic hydroxyl groups is 1. The third-order valence-corrected chi connectivity index (χ3v) is 2.60. The van der Waals surface area contributed by atoms with Crippen molar-refractivity contribution in [2.75, 3.05) is 20.2 Å². The highest BCUT2D eigenvalue weighted by molar-refractivity contribution is 5.27. The summed E-state index contributed by atoms with van der Waals surface area (Å²) in [5.74, 6) is 0.248. The van der Waals surface area contributed by atoms with Gasteiger partial charge in [-0.1, -0.05) is 12.1 Å². The molecule has 1 aliphatic heterocycles. The van der Waals surface area contributed by atoms with Crippen LogP contribution in [0.2, 0.25) is 0 Å². The van der Waals surface area contributed by atoms with Gasteiger partial charge in [0.25, 0.3) is 0 Å². The molecule has 1 aliphatic rings. The first-order valence-electron chi connectivity index (χ1n) is 4.96. The van der Waals surface area contributed by atoms with E-state index in [-0.39, 0.29) is 24.7 Å². The van der Waals surface area contributed by atoms with E-state index in [1.165, 1.54) is 0 Å². The number of nitrogens with zero attached hydrogens (tertiary/aromatic N) is 1. The molecule has 0 spiro atoms. The van der Waals surface area contributed by atoms with Gasteiger partial charge in [-0.05, 0) is 24.7 Å². The first kappa shape index (κ1) is 10.4. The number of rotatable bonds is 2. The maximum Gasteiger partial charge on any atom is 0.137 e. The fraction of sp³-hybridized carbons (Fsp3) is 0.455. The van der Waals surface area contributed by atoms with Gasteiger partial charge in [-0.15, -0.1) is 0 Å². The summed E-state index contributed by atoms with van der Waals surface area (Å²) in [5, 5.41) is 18.2. The van der Waals surface area contributed by atoms with E-state index in [4.69, 9.17) is 14.9 Å². The van der Waals surface area contributed by atoms with E-state index in [1.807, 2.05) is 24.1 Å². The molecule has 82 valence electrons. The summed E-state index contributed by atoms with van der Waals surface area (Å²) in [6.07, 6.45) is -0.239. The van der Waals surface area contributed by atoms with E-state index >= 15 is 0 Å². The summed E-state index contributed by atoms with van der Waals surface area (Å²) in [6, 6.07) is 6.93. The summed E-state index contributed by atoms with van der Waals surface area (Å²) in [4.78, 5) is 2.03. The number of phenols is 1. The number of benzene rings is 1. The van der Waals surface area contributed by atoms with Crippen molar-refractivity contribution in [3.63, 3.8) is 0 Å². The van der Waals surface area contributed by atoms with Crippen molar-refractivity contribution in [3.8, 4) is 5.75 Å². The van der Waals surface area contributed by atoms with Crippen molar-refractivity contribution in [1.29, 1.82) is 0 Å². The lowest BCUT2D eigenvalue weighted by Crippen LogP contribution is -2.20. The van der Waals surface area contributed by atoms with E-state index in [9.17, 15) is 0 Å². The third kappa shape index (κ3) is 2.12. The molecule has 0 aliphatic carbocycles. The van der Waals surface area contributed by atoms with Gasteiger partial charge in [-0.2, -0.15) is 0 Å². The Bertz CT molecular complexity index is 325.